The van der Waals surface area contributed by atoms with Gasteiger partial charge in [-0.05, 0) is 48.8 Å². The first-order chi connectivity index (χ1) is 12.5. The molecule has 0 fully saturated rings. The number of nitrogens with one attached hydrogen (secondary N) is 1. The average Bonchev–Trinajstić information content (AvgIpc) is 2.73. The van der Waals surface area contributed by atoms with Crippen molar-refractivity contribution < 1.29 is 8.57 Å². The molecule has 1 heterocycles. The molecule has 1 aromatic rings. The van der Waals surface area contributed by atoms with Gasteiger partial charge in [0.05, 0.1) is 11.4 Å². The molecule has 3 N–H and O–H groups in total. The highest BCUT2D eigenvalue weighted by atomic mass is 35.5. The summed E-state index contributed by atoms with van der Waals surface area (Å²) >= 11 is 6.11. The molecule has 2 rings (SSSR count). The summed E-state index contributed by atoms with van der Waals surface area (Å²) in [5.41, 5.74) is 9.20. The molecular weight excluding hydrogens is 383 g/mol. The van der Waals surface area contributed by atoms with Crippen LogP contribution in [0.2, 0.25) is 5.02 Å². The van der Waals surface area contributed by atoms with Crippen molar-refractivity contribution in [3.8, 4) is 0 Å². The first-order valence-electron chi connectivity index (χ1n) is 9.23. The van der Waals surface area contributed by atoms with Gasteiger partial charge in [-0.25, -0.2) is 4.39 Å². The molecule has 0 aliphatic carbocycles. The molecular formula is C21H32ClFN2OS. The molecule has 1 aromatic carbocycles. The summed E-state index contributed by atoms with van der Waals surface area (Å²) in [4.78, 5) is 0. The Labute approximate surface area is 169 Å². The van der Waals surface area contributed by atoms with Crippen molar-refractivity contribution in [3.63, 3.8) is 0 Å². The third-order valence-electron chi connectivity index (χ3n) is 5.37. The lowest BCUT2D eigenvalue weighted by molar-refractivity contribution is 0.371. The van der Waals surface area contributed by atoms with Gasteiger partial charge >= 0.3 is 0 Å². The Morgan fingerprint density at radius 3 is 2.59 bits per heavy atom. The predicted molar refractivity (Wildman–Crippen MR) is 118 cm³/mol. The number of hydrogen-bond donors (Lipinski definition) is 2. The van der Waals surface area contributed by atoms with Crippen LogP contribution in [0.4, 0.5) is 4.39 Å². The van der Waals surface area contributed by atoms with E-state index in [4.69, 9.17) is 21.5 Å². The Bertz CT molecular complexity index is 753. The van der Waals surface area contributed by atoms with E-state index >= 15 is 0 Å². The van der Waals surface area contributed by atoms with Gasteiger partial charge in [-0.15, -0.1) is 10.3 Å². The quantitative estimate of drug-likeness (QED) is 0.672. The number of halogens is 2. The summed E-state index contributed by atoms with van der Waals surface area (Å²) in [5, 5.41) is 3.94. The van der Waals surface area contributed by atoms with Crippen LogP contribution in [0.1, 0.15) is 39.7 Å². The van der Waals surface area contributed by atoms with Crippen LogP contribution in [0.5, 0.6) is 0 Å². The Balaban J connectivity index is 2.35. The third kappa shape index (κ3) is 5.21. The first kappa shape index (κ1) is 22.1. The maximum Gasteiger partial charge on any atom is 0.130 e. The highest BCUT2D eigenvalue weighted by Gasteiger charge is 2.30. The van der Waals surface area contributed by atoms with Gasteiger partial charge in [-0.2, -0.15) is 0 Å². The van der Waals surface area contributed by atoms with Gasteiger partial charge in [0.25, 0.3) is 0 Å². The minimum atomic E-state index is -1.26. The molecule has 0 amide bonds. The lowest BCUT2D eigenvalue weighted by Crippen LogP contribution is -2.29. The van der Waals surface area contributed by atoms with E-state index in [1.807, 2.05) is 6.08 Å². The molecule has 0 saturated carbocycles. The molecule has 0 aromatic heterocycles. The topological polar surface area (TPSA) is 47.3 Å². The standard InChI is InChI=1S/C21H32ClFN2OS/c1-7-14-12-25-20(13-26-27(5,6)21(2,3)4)19(24)11-16(14)17-10-15(22)8-9-18(17)23/h8-11,14,25H,7,12-13,24H2,1-6H3. The molecule has 0 radical (unpaired) electrons. The van der Waals surface area contributed by atoms with Gasteiger partial charge in [0.15, 0.2) is 0 Å². The number of hydrogen-bond acceptors (Lipinski definition) is 3. The van der Waals surface area contributed by atoms with Crippen molar-refractivity contribution >= 4 is 27.5 Å². The zero-order valence-corrected chi connectivity index (χ0v) is 18.7. The Morgan fingerprint density at radius 1 is 1.33 bits per heavy atom. The van der Waals surface area contributed by atoms with Gasteiger partial charge in [0.2, 0.25) is 0 Å². The molecule has 3 nitrogen and oxygen atoms in total. The van der Waals surface area contributed by atoms with Gasteiger partial charge in [-0.1, -0.05) is 39.3 Å². The fourth-order valence-electron chi connectivity index (χ4n) is 2.73. The van der Waals surface area contributed by atoms with E-state index in [1.165, 1.54) is 6.07 Å². The van der Waals surface area contributed by atoms with Crippen molar-refractivity contribution in [3.05, 3.63) is 52.1 Å². The van der Waals surface area contributed by atoms with Gasteiger partial charge in [0.1, 0.15) is 12.4 Å². The lowest BCUT2D eigenvalue weighted by Gasteiger charge is -2.43. The van der Waals surface area contributed by atoms with E-state index in [2.05, 4.69) is 45.5 Å². The minimum absolute atomic E-state index is 0.0733. The molecule has 152 valence electrons. The molecule has 27 heavy (non-hydrogen) atoms. The van der Waals surface area contributed by atoms with E-state index in [0.29, 0.717) is 29.4 Å². The van der Waals surface area contributed by atoms with E-state index in [-0.39, 0.29) is 16.5 Å². The molecule has 0 saturated heterocycles. The van der Waals surface area contributed by atoms with Crippen molar-refractivity contribution in [2.45, 2.75) is 38.9 Å². The second-order valence-corrected chi connectivity index (χ2v) is 12.6. The fraction of sp³-hybridized carbons (Fsp3) is 0.524. The Kier molecular flexibility index (Phi) is 6.93. The second-order valence-electron chi connectivity index (χ2n) is 8.25. The SMILES string of the molecule is CCC1CNC(COS(C)(C)C(C)(C)C)=C(N)C=C1c1cc(Cl)ccc1F. The van der Waals surface area contributed by atoms with E-state index in [0.717, 1.165) is 17.7 Å². The number of rotatable bonds is 5. The molecule has 1 aliphatic rings. The van der Waals surface area contributed by atoms with E-state index in [1.54, 1.807) is 12.1 Å². The van der Waals surface area contributed by atoms with Crippen LogP contribution in [-0.2, 0) is 4.18 Å². The van der Waals surface area contributed by atoms with Gasteiger partial charge in [-0.3, -0.25) is 0 Å². The average molecular weight is 415 g/mol. The van der Waals surface area contributed by atoms with Crippen LogP contribution in [0.3, 0.4) is 0 Å². The number of nitrogens with two attached hydrogens (primary N) is 1. The summed E-state index contributed by atoms with van der Waals surface area (Å²) < 4.78 is 20.8. The predicted octanol–water partition coefficient (Wildman–Crippen LogP) is 5.46. The maximum atomic E-state index is 14.5. The zero-order chi connectivity index (χ0) is 20.4. The smallest absolute Gasteiger partial charge is 0.130 e. The second kappa shape index (κ2) is 8.46. The van der Waals surface area contributed by atoms with Crippen LogP contribution >= 0.6 is 21.9 Å². The molecule has 1 atom stereocenters. The highest BCUT2D eigenvalue weighted by Crippen LogP contribution is 2.53. The van der Waals surface area contributed by atoms with Crippen LogP contribution in [0.15, 0.2) is 35.7 Å². The minimum Gasteiger partial charge on any atom is -0.397 e. The van der Waals surface area contributed by atoms with Crippen molar-refractivity contribution in [2.75, 3.05) is 25.7 Å². The summed E-state index contributed by atoms with van der Waals surface area (Å²) in [6.07, 6.45) is 7.07. The monoisotopic (exact) mass is 414 g/mol. The fourth-order valence-corrected chi connectivity index (χ4v) is 3.67. The Hall–Kier alpha value is -1.17. The maximum absolute atomic E-state index is 14.5. The molecule has 0 spiro atoms. The summed E-state index contributed by atoms with van der Waals surface area (Å²) in [6.45, 7) is 9.75. The first-order valence-corrected chi connectivity index (χ1v) is 12.0. The molecule has 6 heteroatoms. The number of allylic oxidation sites excluding steroid dienone is 1. The number of benzene rings is 1. The van der Waals surface area contributed by atoms with Crippen LogP contribution in [0.25, 0.3) is 5.57 Å². The van der Waals surface area contributed by atoms with Crippen molar-refractivity contribution in [1.82, 2.24) is 5.32 Å². The lowest BCUT2D eigenvalue weighted by atomic mass is 9.89. The van der Waals surface area contributed by atoms with Crippen LogP contribution < -0.4 is 11.1 Å². The van der Waals surface area contributed by atoms with Crippen molar-refractivity contribution in [1.29, 1.82) is 0 Å². The van der Waals surface area contributed by atoms with E-state index in [9.17, 15) is 4.39 Å². The highest BCUT2D eigenvalue weighted by molar-refractivity contribution is 8.29. The van der Waals surface area contributed by atoms with Crippen LogP contribution in [-0.4, -0.2) is 30.4 Å². The Morgan fingerprint density at radius 2 is 2.00 bits per heavy atom. The van der Waals surface area contributed by atoms with Crippen molar-refractivity contribution in [2.24, 2.45) is 11.7 Å². The van der Waals surface area contributed by atoms with Crippen LogP contribution in [0, 0.1) is 11.7 Å². The molecule has 0 bridgehead atoms. The normalized spacial score (nSPS) is 19.4. The van der Waals surface area contributed by atoms with Gasteiger partial charge in [0, 0.05) is 27.8 Å². The van der Waals surface area contributed by atoms with E-state index < -0.39 is 10.3 Å². The largest absolute Gasteiger partial charge is 0.397 e. The third-order valence-corrected chi connectivity index (χ3v) is 9.26. The molecule has 1 aliphatic heterocycles. The van der Waals surface area contributed by atoms with Gasteiger partial charge < -0.3 is 15.2 Å². The molecule has 1 unspecified atom stereocenters. The summed E-state index contributed by atoms with van der Waals surface area (Å²) in [7, 11) is -1.26. The summed E-state index contributed by atoms with van der Waals surface area (Å²) in [5.74, 6) is -0.146. The zero-order valence-electron chi connectivity index (χ0n) is 17.2. The summed E-state index contributed by atoms with van der Waals surface area (Å²) in [6, 6.07) is 4.64.